The predicted octanol–water partition coefficient (Wildman–Crippen LogP) is 4.21. The quantitative estimate of drug-likeness (QED) is 0.633. The number of anilines is 2. The summed E-state index contributed by atoms with van der Waals surface area (Å²) >= 11 is 1.46. The van der Waals surface area contributed by atoms with Crippen LogP contribution in [0.4, 0.5) is 15.2 Å². The van der Waals surface area contributed by atoms with Gasteiger partial charge in [0, 0.05) is 10.4 Å². The van der Waals surface area contributed by atoms with E-state index >= 15 is 0 Å². The Morgan fingerprint density at radius 2 is 1.86 bits per heavy atom. The highest BCUT2D eigenvalue weighted by Gasteiger charge is 2.20. The highest BCUT2D eigenvalue weighted by molar-refractivity contribution is 7.92. The molecule has 0 radical (unpaired) electrons. The zero-order chi connectivity index (χ0) is 20.4. The Bertz CT molecular complexity index is 1150. The van der Waals surface area contributed by atoms with Crippen LogP contribution in [0.2, 0.25) is 0 Å². The highest BCUT2D eigenvalue weighted by atomic mass is 32.2. The summed E-state index contributed by atoms with van der Waals surface area (Å²) in [5, 5.41) is 3.26. The molecule has 1 aromatic heterocycles. The minimum Gasteiger partial charge on any atom is -0.298 e. The maximum absolute atomic E-state index is 13.8. The van der Waals surface area contributed by atoms with E-state index in [-0.39, 0.29) is 16.1 Å². The smallest absolute Gasteiger partial charge is 0.262 e. The van der Waals surface area contributed by atoms with Gasteiger partial charge in [0.2, 0.25) is 0 Å². The minimum atomic E-state index is -4.05. The van der Waals surface area contributed by atoms with Gasteiger partial charge in [-0.1, -0.05) is 18.2 Å². The summed E-state index contributed by atoms with van der Waals surface area (Å²) in [6.07, 6.45) is 4.10. The standard InChI is InChI=1S/C20H18FN3O3S2/c21-15-8-1-2-9-16(15)24-29(26,27)14-7-5-6-13(12-14)19(25)23-20-22-17-10-3-4-11-18(17)28-20/h1-2,5-9,12,24H,3-4,10-11H2,(H,22,23,25). The summed E-state index contributed by atoms with van der Waals surface area (Å²) in [6.45, 7) is 0. The molecule has 2 aromatic carbocycles. The van der Waals surface area contributed by atoms with E-state index in [4.69, 9.17) is 0 Å². The molecular weight excluding hydrogens is 413 g/mol. The Balaban J connectivity index is 1.54. The Morgan fingerprint density at radius 3 is 2.66 bits per heavy atom. The molecule has 0 aliphatic heterocycles. The lowest BCUT2D eigenvalue weighted by Gasteiger charge is -2.10. The molecule has 2 N–H and O–H groups in total. The van der Waals surface area contributed by atoms with Crippen LogP contribution in [0, 0.1) is 5.82 Å². The van der Waals surface area contributed by atoms with Gasteiger partial charge in [-0.05, 0) is 56.0 Å². The lowest BCUT2D eigenvalue weighted by molar-refractivity contribution is 0.102. The maximum Gasteiger partial charge on any atom is 0.262 e. The fourth-order valence-electron chi connectivity index (χ4n) is 3.13. The number of rotatable bonds is 5. The van der Waals surface area contributed by atoms with E-state index in [1.807, 2.05) is 0 Å². The van der Waals surface area contributed by atoms with Crippen molar-refractivity contribution in [1.82, 2.24) is 4.98 Å². The number of sulfonamides is 1. The van der Waals surface area contributed by atoms with Crippen LogP contribution in [0.1, 0.15) is 33.8 Å². The fraction of sp³-hybridized carbons (Fsp3) is 0.200. The van der Waals surface area contributed by atoms with E-state index in [0.29, 0.717) is 5.13 Å². The van der Waals surface area contributed by atoms with Crippen LogP contribution < -0.4 is 10.0 Å². The van der Waals surface area contributed by atoms with E-state index in [9.17, 15) is 17.6 Å². The van der Waals surface area contributed by atoms with E-state index in [1.165, 1.54) is 58.7 Å². The summed E-state index contributed by atoms with van der Waals surface area (Å²) in [5.41, 5.74) is 1.05. The van der Waals surface area contributed by atoms with Crippen molar-refractivity contribution in [2.45, 2.75) is 30.6 Å². The van der Waals surface area contributed by atoms with Gasteiger partial charge in [0.25, 0.3) is 15.9 Å². The number of para-hydroxylation sites is 1. The molecule has 1 heterocycles. The summed E-state index contributed by atoms with van der Waals surface area (Å²) in [6, 6.07) is 11.1. The first-order valence-corrected chi connectivity index (χ1v) is 11.4. The number of hydrogen-bond donors (Lipinski definition) is 2. The molecule has 4 rings (SSSR count). The number of aryl methyl sites for hydroxylation is 2. The normalized spacial score (nSPS) is 13.6. The number of benzene rings is 2. The molecule has 1 amide bonds. The molecule has 29 heavy (non-hydrogen) atoms. The van der Waals surface area contributed by atoms with Crippen molar-refractivity contribution in [3.8, 4) is 0 Å². The summed E-state index contributed by atoms with van der Waals surface area (Å²) in [5.74, 6) is -1.13. The first kappa shape index (κ1) is 19.5. The number of carbonyl (C=O) groups excluding carboxylic acids is 1. The molecule has 3 aromatic rings. The summed E-state index contributed by atoms with van der Waals surface area (Å²) in [4.78, 5) is 18.1. The van der Waals surface area contributed by atoms with Gasteiger partial charge in [0.15, 0.2) is 5.13 Å². The number of carbonyl (C=O) groups is 1. The number of halogens is 1. The molecule has 1 aliphatic carbocycles. The average Bonchev–Trinajstić information content (AvgIpc) is 3.12. The first-order chi connectivity index (χ1) is 13.9. The first-order valence-electron chi connectivity index (χ1n) is 9.10. The van der Waals surface area contributed by atoms with Gasteiger partial charge < -0.3 is 0 Å². The fourth-order valence-corrected chi connectivity index (χ4v) is 5.28. The predicted molar refractivity (Wildman–Crippen MR) is 110 cm³/mol. The molecule has 0 saturated carbocycles. The maximum atomic E-state index is 13.8. The number of fused-ring (bicyclic) bond motifs is 1. The van der Waals surface area contributed by atoms with Crippen LogP contribution in [0.5, 0.6) is 0 Å². The second-order valence-electron chi connectivity index (χ2n) is 6.66. The monoisotopic (exact) mass is 431 g/mol. The lowest BCUT2D eigenvalue weighted by Crippen LogP contribution is -2.16. The van der Waals surface area contributed by atoms with Crippen LogP contribution in [0.3, 0.4) is 0 Å². The Hall–Kier alpha value is -2.78. The number of hydrogen-bond acceptors (Lipinski definition) is 5. The molecule has 0 saturated heterocycles. The molecule has 6 nitrogen and oxygen atoms in total. The van der Waals surface area contributed by atoms with Crippen LogP contribution in [0.15, 0.2) is 53.4 Å². The Morgan fingerprint density at radius 1 is 1.07 bits per heavy atom. The van der Waals surface area contributed by atoms with Crippen LogP contribution >= 0.6 is 11.3 Å². The SMILES string of the molecule is O=C(Nc1nc2c(s1)CCCC2)c1cccc(S(=O)(=O)Nc2ccccc2F)c1. The van der Waals surface area contributed by atoms with Crippen molar-refractivity contribution in [2.75, 3.05) is 10.0 Å². The van der Waals surface area contributed by atoms with Gasteiger partial charge >= 0.3 is 0 Å². The Labute approximate surface area is 171 Å². The molecule has 0 bridgehead atoms. The zero-order valence-corrected chi connectivity index (χ0v) is 16.9. The highest BCUT2D eigenvalue weighted by Crippen LogP contribution is 2.30. The van der Waals surface area contributed by atoms with Crippen molar-refractivity contribution in [3.05, 3.63) is 70.5 Å². The third kappa shape index (κ3) is 4.30. The van der Waals surface area contributed by atoms with Gasteiger partial charge in [0.05, 0.1) is 16.3 Å². The van der Waals surface area contributed by atoms with Crippen molar-refractivity contribution in [3.63, 3.8) is 0 Å². The van der Waals surface area contributed by atoms with Crippen LogP contribution in [-0.2, 0) is 22.9 Å². The third-order valence-electron chi connectivity index (χ3n) is 4.59. The van der Waals surface area contributed by atoms with E-state index < -0.39 is 21.7 Å². The van der Waals surface area contributed by atoms with Gasteiger partial charge in [-0.3, -0.25) is 14.8 Å². The molecule has 0 fully saturated rings. The molecule has 150 valence electrons. The average molecular weight is 432 g/mol. The zero-order valence-electron chi connectivity index (χ0n) is 15.3. The van der Waals surface area contributed by atoms with E-state index in [0.717, 1.165) is 37.4 Å². The molecule has 0 spiro atoms. The lowest BCUT2D eigenvalue weighted by atomic mass is 10.0. The number of thiazole rings is 1. The number of amides is 1. The number of aromatic nitrogens is 1. The van der Waals surface area contributed by atoms with Crippen molar-refractivity contribution < 1.29 is 17.6 Å². The molecule has 0 atom stereocenters. The third-order valence-corrected chi connectivity index (χ3v) is 7.03. The number of nitrogens with zero attached hydrogens (tertiary/aromatic N) is 1. The topological polar surface area (TPSA) is 88.2 Å². The van der Waals surface area contributed by atoms with Gasteiger partial charge in [0.1, 0.15) is 5.82 Å². The minimum absolute atomic E-state index is 0.133. The van der Waals surface area contributed by atoms with Crippen molar-refractivity contribution >= 4 is 38.1 Å². The second-order valence-corrected chi connectivity index (χ2v) is 9.43. The summed E-state index contributed by atoms with van der Waals surface area (Å²) in [7, 11) is -4.05. The second kappa shape index (κ2) is 7.92. The van der Waals surface area contributed by atoms with E-state index in [1.54, 1.807) is 0 Å². The summed E-state index contributed by atoms with van der Waals surface area (Å²) < 4.78 is 41.2. The van der Waals surface area contributed by atoms with Gasteiger partial charge in [-0.25, -0.2) is 17.8 Å². The van der Waals surface area contributed by atoms with Gasteiger partial charge in [-0.2, -0.15) is 0 Å². The largest absolute Gasteiger partial charge is 0.298 e. The van der Waals surface area contributed by atoms with Crippen molar-refractivity contribution in [1.29, 1.82) is 0 Å². The number of nitrogens with one attached hydrogen (secondary N) is 2. The molecule has 9 heteroatoms. The van der Waals surface area contributed by atoms with Crippen LogP contribution in [0.25, 0.3) is 0 Å². The van der Waals surface area contributed by atoms with Crippen molar-refractivity contribution in [2.24, 2.45) is 0 Å². The Kier molecular flexibility index (Phi) is 5.33. The van der Waals surface area contributed by atoms with E-state index in [2.05, 4.69) is 15.0 Å². The molecular formula is C20H18FN3O3S2. The molecule has 0 unspecified atom stereocenters. The molecule has 1 aliphatic rings. The van der Waals surface area contributed by atoms with Gasteiger partial charge in [-0.15, -0.1) is 11.3 Å². The van der Waals surface area contributed by atoms with Crippen LogP contribution in [-0.4, -0.2) is 19.3 Å².